The van der Waals surface area contributed by atoms with Gasteiger partial charge in [0, 0.05) is 19.2 Å². The standard InChI is InChI=1S/C18H27BN2O3/c1-12-7-8-14(16(20)9-12)10-15(11-21-13(2)22)19-23-17(3,4)18(5,6)24-19/h7-10H,11,20H2,1-6H3,(H,21,22). The Morgan fingerprint density at radius 1 is 1.25 bits per heavy atom. The molecule has 0 aliphatic carbocycles. The highest BCUT2D eigenvalue weighted by Gasteiger charge is 2.52. The van der Waals surface area contributed by atoms with E-state index in [0.717, 1.165) is 16.6 Å². The molecule has 0 radical (unpaired) electrons. The van der Waals surface area contributed by atoms with Crippen molar-refractivity contribution >= 4 is 24.8 Å². The van der Waals surface area contributed by atoms with Crippen molar-refractivity contribution in [1.82, 2.24) is 5.32 Å². The van der Waals surface area contributed by atoms with Gasteiger partial charge in [-0.3, -0.25) is 4.79 Å². The van der Waals surface area contributed by atoms with Crippen molar-refractivity contribution in [3.63, 3.8) is 0 Å². The van der Waals surface area contributed by atoms with Gasteiger partial charge in [0.25, 0.3) is 0 Å². The molecule has 0 bridgehead atoms. The molecule has 1 heterocycles. The average molecular weight is 330 g/mol. The molecule has 2 rings (SSSR count). The summed E-state index contributed by atoms with van der Waals surface area (Å²) in [6.45, 7) is 11.8. The largest absolute Gasteiger partial charge is 0.492 e. The maximum absolute atomic E-state index is 11.3. The molecule has 0 saturated carbocycles. The van der Waals surface area contributed by atoms with Crippen molar-refractivity contribution in [2.45, 2.75) is 52.7 Å². The number of rotatable bonds is 4. The first-order valence-electron chi connectivity index (χ1n) is 8.18. The molecular formula is C18H27BN2O3. The molecular weight excluding hydrogens is 303 g/mol. The third-order valence-electron chi connectivity index (χ3n) is 4.68. The van der Waals surface area contributed by atoms with E-state index in [4.69, 9.17) is 15.0 Å². The van der Waals surface area contributed by atoms with Crippen molar-refractivity contribution in [2.24, 2.45) is 0 Å². The second-order valence-electron chi connectivity index (χ2n) is 7.35. The number of nitrogens with one attached hydrogen (secondary N) is 1. The lowest BCUT2D eigenvalue weighted by Gasteiger charge is -2.32. The molecule has 1 aromatic rings. The Balaban J connectivity index is 2.35. The van der Waals surface area contributed by atoms with Crippen LogP contribution in [0, 0.1) is 6.92 Å². The van der Waals surface area contributed by atoms with E-state index in [1.165, 1.54) is 6.92 Å². The predicted molar refractivity (Wildman–Crippen MR) is 98.3 cm³/mol. The summed E-state index contributed by atoms with van der Waals surface area (Å²) < 4.78 is 12.2. The highest BCUT2D eigenvalue weighted by atomic mass is 16.7. The van der Waals surface area contributed by atoms with Gasteiger partial charge in [-0.25, -0.2) is 0 Å². The minimum absolute atomic E-state index is 0.103. The zero-order chi connectivity index (χ0) is 18.1. The van der Waals surface area contributed by atoms with E-state index in [-0.39, 0.29) is 5.91 Å². The topological polar surface area (TPSA) is 73.6 Å². The number of hydrogen-bond acceptors (Lipinski definition) is 4. The molecule has 1 amide bonds. The molecule has 1 aromatic carbocycles. The quantitative estimate of drug-likeness (QED) is 0.658. The van der Waals surface area contributed by atoms with Crippen LogP contribution in [-0.2, 0) is 14.1 Å². The molecule has 1 aliphatic heterocycles. The van der Waals surface area contributed by atoms with Gasteiger partial charge in [0.2, 0.25) is 5.91 Å². The molecule has 0 unspecified atom stereocenters. The maximum Gasteiger partial charge on any atom is 0.492 e. The van der Waals surface area contributed by atoms with Crippen molar-refractivity contribution in [3.8, 4) is 0 Å². The fraction of sp³-hybridized carbons (Fsp3) is 0.500. The van der Waals surface area contributed by atoms with Gasteiger partial charge < -0.3 is 20.4 Å². The third kappa shape index (κ3) is 4.00. The van der Waals surface area contributed by atoms with Crippen LogP contribution in [0.2, 0.25) is 0 Å². The Kier molecular flexibility index (Phi) is 5.11. The molecule has 1 fully saturated rings. The maximum atomic E-state index is 11.3. The smallest absolute Gasteiger partial charge is 0.400 e. The molecule has 3 N–H and O–H groups in total. The van der Waals surface area contributed by atoms with E-state index in [2.05, 4.69) is 5.32 Å². The summed E-state index contributed by atoms with van der Waals surface area (Å²) in [7, 11) is -0.525. The van der Waals surface area contributed by atoms with Crippen LogP contribution in [-0.4, -0.2) is 30.8 Å². The van der Waals surface area contributed by atoms with Gasteiger partial charge in [-0.2, -0.15) is 0 Å². The molecule has 130 valence electrons. The van der Waals surface area contributed by atoms with Gasteiger partial charge in [-0.15, -0.1) is 0 Å². The lowest BCUT2D eigenvalue weighted by Crippen LogP contribution is -2.41. The lowest BCUT2D eigenvalue weighted by atomic mass is 9.76. The molecule has 6 heteroatoms. The highest BCUT2D eigenvalue weighted by Crippen LogP contribution is 2.38. The van der Waals surface area contributed by atoms with Crippen LogP contribution < -0.4 is 11.1 Å². The van der Waals surface area contributed by atoms with Gasteiger partial charge in [0.05, 0.1) is 11.2 Å². The Bertz CT molecular complexity index is 652. The van der Waals surface area contributed by atoms with E-state index in [0.29, 0.717) is 12.2 Å². The van der Waals surface area contributed by atoms with Crippen molar-refractivity contribution in [1.29, 1.82) is 0 Å². The summed E-state index contributed by atoms with van der Waals surface area (Å²) in [5.74, 6) is -0.103. The van der Waals surface area contributed by atoms with Crippen LogP contribution >= 0.6 is 0 Å². The average Bonchev–Trinajstić information content (AvgIpc) is 2.65. The summed E-state index contributed by atoms with van der Waals surface area (Å²) >= 11 is 0. The molecule has 0 spiro atoms. The van der Waals surface area contributed by atoms with Crippen molar-refractivity contribution in [2.75, 3.05) is 12.3 Å². The molecule has 5 nitrogen and oxygen atoms in total. The van der Waals surface area contributed by atoms with E-state index < -0.39 is 18.3 Å². The number of amides is 1. The molecule has 0 aromatic heterocycles. The predicted octanol–water partition coefficient (Wildman–Crippen LogP) is 2.73. The number of nitrogen functional groups attached to an aromatic ring is 1. The molecule has 1 saturated heterocycles. The SMILES string of the molecule is CC(=O)NCC(=Cc1ccc(C)cc1N)B1OC(C)(C)C(C)(C)O1. The number of anilines is 1. The number of carbonyl (C=O) groups is 1. The van der Waals surface area contributed by atoms with Crippen molar-refractivity contribution < 1.29 is 14.1 Å². The van der Waals surface area contributed by atoms with E-state index in [1.54, 1.807) is 0 Å². The summed E-state index contributed by atoms with van der Waals surface area (Å²) in [5, 5.41) is 2.82. The molecule has 24 heavy (non-hydrogen) atoms. The second kappa shape index (κ2) is 6.61. The fourth-order valence-electron chi connectivity index (χ4n) is 2.45. The van der Waals surface area contributed by atoms with E-state index >= 15 is 0 Å². The first kappa shape index (κ1) is 18.6. The Hall–Kier alpha value is -1.79. The Labute approximate surface area is 144 Å². The van der Waals surface area contributed by atoms with Gasteiger partial charge in [-0.05, 0) is 57.3 Å². The number of hydrogen-bond donors (Lipinski definition) is 2. The normalized spacial score (nSPS) is 19.4. The van der Waals surface area contributed by atoms with Crippen LogP contribution in [0.25, 0.3) is 6.08 Å². The summed E-state index contributed by atoms with van der Waals surface area (Å²) in [4.78, 5) is 11.3. The highest BCUT2D eigenvalue weighted by molar-refractivity contribution is 6.56. The van der Waals surface area contributed by atoms with Crippen LogP contribution in [0.5, 0.6) is 0 Å². The van der Waals surface area contributed by atoms with Gasteiger partial charge in [0.15, 0.2) is 0 Å². The van der Waals surface area contributed by atoms with E-state index in [9.17, 15) is 4.79 Å². The zero-order valence-corrected chi connectivity index (χ0v) is 15.4. The number of benzene rings is 1. The summed E-state index contributed by atoms with van der Waals surface area (Å²) in [6.07, 6.45) is 1.94. The summed E-state index contributed by atoms with van der Waals surface area (Å²) in [5.41, 5.74) is 8.75. The van der Waals surface area contributed by atoms with Crippen molar-refractivity contribution in [3.05, 3.63) is 34.8 Å². The van der Waals surface area contributed by atoms with Crippen LogP contribution in [0.15, 0.2) is 23.7 Å². The minimum Gasteiger partial charge on any atom is -0.400 e. The molecule has 1 aliphatic rings. The second-order valence-corrected chi connectivity index (χ2v) is 7.35. The first-order chi connectivity index (χ1) is 11.0. The number of carbonyl (C=O) groups excluding carboxylic acids is 1. The number of aryl methyl sites for hydroxylation is 1. The monoisotopic (exact) mass is 330 g/mol. The number of nitrogens with two attached hydrogens (primary N) is 1. The fourth-order valence-corrected chi connectivity index (χ4v) is 2.45. The van der Waals surface area contributed by atoms with Crippen LogP contribution in [0.3, 0.4) is 0 Å². The third-order valence-corrected chi connectivity index (χ3v) is 4.68. The summed E-state index contributed by atoms with van der Waals surface area (Å²) in [6, 6.07) is 5.89. The van der Waals surface area contributed by atoms with Gasteiger partial charge in [-0.1, -0.05) is 18.2 Å². The first-order valence-corrected chi connectivity index (χ1v) is 8.18. The van der Waals surface area contributed by atoms with E-state index in [1.807, 2.05) is 58.9 Å². The van der Waals surface area contributed by atoms with Gasteiger partial charge >= 0.3 is 7.12 Å². The van der Waals surface area contributed by atoms with Crippen LogP contribution in [0.4, 0.5) is 5.69 Å². The van der Waals surface area contributed by atoms with Gasteiger partial charge in [0.1, 0.15) is 0 Å². The minimum atomic E-state index is -0.525. The Morgan fingerprint density at radius 3 is 2.33 bits per heavy atom. The van der Waals surface area contributed by atoms with Crippen LogP contribution in [0.1, 0.15) is 45.7 Å². The lowest BCUT2D eigenvalue weighted by molar-refractivity contribution is -0.118. The zero-order valence-electron chi connectivity index (χ0n) is 15.4. The molecule has 0 atom stereocenters. The Morgan fingerprint density at radius 2 is 1.83 bits per heavy atom.